The highest BCUT2D eigenvalue weighted by molar-refractivity contribution is 5.72. The molecule has 2 heterocycles. The molecule has 0 saturated carbocycles. The Hall–Kier alpha value is -1.91. The Morgan fingerprint density at radius 1 is 1.56 bits per heavy atom. The Morgan fingerprint density at radius 3 is 3.12 bits per heavy atom. The van der Waals surface area contributed by atoms with Gasteiger partial charge in [-0.05, 0) is 25.5 Å². The first kappa shape index (κ1) is 10.6. The predicted octanol–water partition coefficient (Wildman–Crippen LogP) is 1.14. The Kier molecular flexibility index (Phi) is 2.85. The molecule has 0 amide bonds. The number of hydrogen-bond donors (Lipinski definition) is 0. The monoisotopic (exact) mass is 219 g/mol. The zero-order valence-electron chi connectivity index (χ0n) is 9.30. The topological polar surface area (TPSA) is 56.5 Å². The van der Waals surface area contributed by atoms with Crippen LogP contribution in [-0.4, -0.2) is 27.2 Å². The molecule has 2 rings (SSSR count). The van der Waals surface area contributed by atoms with Crippen molar-refractivity contribution in [1.82, 2.24) is 14.6 Å². The van der Waals surface area contributed by atoms with Gasteiger partial charge in [0.1, 0.15) is 0 Å². The molecule has 84 valence electrons. The molecule has 2 aromatic heterocycles. The minimum atomic E-state index is -0.261. The van der Waals surface area contributed by atoms with Gasteiger partial charge in [0, 0.05) is 0 Å². The molecule has 0 unspecified atom stereocenters. The van der Waals surface area contributed by atoms with Gasteiger partial charge in [-0.3, -0.25) is 4.79 Å². The number of nitrogens with zero attached hydrogens (tertiary/aromatic N) is 3. The molecule has 0 saturated heterocycles. The van der Waals surface area contributed by atoms with Gasteiger partial charge in [0.25, 0.3) is 0 Å². The van der Waals surface area contributed by atoms with Gasteiger partial charge >= 0.3 is 5.97 Å². The maximum atomic E-state index is 11.3. The minimum absolute atomic E-state index is 0.191. The highest BCUT2D eigenvalue weighted by Gasteiger charge is 2.08. The fourth-order valence-electron chi connectivity index (χ4n) is 1.46. The lowest BCUT2D eigenvalue weighted by Crippen LogP contribution is -2.07. The smallest absolute Gasteiger partial charge is 0.311 e. The fourth-order valence-corrected chi connectivity index (χ4v) is 1.46. The van der Waals surface area contributed by atoms with Gasteiger partial charge < -0.3 is 4.74 Å². The Labute approximate surface area is 93.1 Å². The molecular weight excluding hydrogens is 206 g/mol. The van der Waals surface area contributed by atoms with Crippen molar-refractivity contribution < 1.29 is 9.53 Å². The maximum absolute atomic E-state index is 11.3. The molecule has 0 aliphatic rings. The van der Waals surface area contributed by atoms with Gasteiger partial charge in [0.2, 0.25) is 0 Å². The lowest BCUT2D eigenvalue weighted by molar-refractivity contribution is -0.142. The first-order valence-electron chi connectivity index (χ1n) is 5.15. The lowest BCUT2D eigenvalue weighted by atomic mass is 10.3. The highest BCUT2D eigenvalue weighted by atomic mass is 16.5. The zero-order chi connectivity index (χ0) is 11.5. The van der Waals surface area contributed by atoms with Gasteiger partial charge in [-0.15, -0.1) is 0 Å². The van der Waals surface area contributed by atoms with Crippen LogP contribution >= 0.6 is 0 Å². The van der Waals surface area contributed by atoms with Crippen LogP contribution in [0.2, 0.25) is 0 Å². The molecular formula is C11H13N3O2. The molecule has 0 N–H and O–H groups in total. The van der Waals surface area contributed by atoms with Crippen molar-refractivity contribution in [1.29, 1.82) is 0 Å². The third-order valence-electron chi connectivity index (χ3n) is 2.14. The number of hydrogen-bond acceptors (Lipinski definition) is 4. The Morgan fingerprint density at radius 2 is 2.38 bits per heavy atom. The predicted molar refractivity (Wildman–Crippen MR) is 58.1 cm³/mol. The zero-order valence-corrected chi connectivity index (χ0v) is 9.30. The second-order valence-corrected chi connectivity index (χ2v) is 3.55. The summed E-state index contributed by atoms with van der Waals surface area (Å²) in [7, 11) is 0. The number of aromatic nitrogens is 3. The van der Waals surface area contributed by atoms with E-state index in [1.54, 1.807) is 23.8 Å². The van der Waals surface area contributed by atoms with Crippen LogP contribution in [0.1, 0.15) is 18.2 Å². The third-order valence-corrected chi connectivity index (χ3v) is 2.14. The van der Waals surface area contributed by atoms with Gasteiger partial charge in [-0.2, -0.15) is 5.10 Å². The SMILES string of the molecule is CCOC(=O)Cc1cn2ncc(C)cc2n1. The van der Waals surface area contributed by atoms with Crippen molar-refractivity contribution >= 4 is 11.6 Å². The van der Waals surface area contributed by atoms with E-state index in [0.717, 1.165) is 11.2 Å². The Balaban J connectivity index is 2.23. The van der Waals surface area contributed by atoms with Crippen LogP contribution in [0, 0.1) is 6.92 Å². The van der Waals surface area contributed by atoms with E-state index in [-0.39, 0.29) is 12.4 Å². The fraction of sp³-hybridized carbons (Fsp3) is 0.364. The van der Waals surface area contributed by atoms with E-state index < -0.39 is 0 Å². The number of carbonyl (C=O) groups is 1. The number of esters is 1. The molecule has 0 spiro atoms. The van der Waals surface area contributed by atoms with Crippen LogP contribution in [0.3, 0.4) is 0 Å². The molecule has 5 nitrogen and oxygen atoms in total. The summed E-state index contributed by atoms with van der Waals surface area (Å²) in [5.74, 6) is -0.261. The van der Waals surface area contributed by atoms with Crippen molar-refractivity contribution in [3.8, 4) is 0 Å². The second kappa shape index (κ2) is 4.30. The third kappa shape index (κ3) is 2.18. The molecule has 0 bridgehead atoms. The summed E-state index contributed by atoms with van der Waals surface area (Å²) < 4.78 is 6.51. The van der Waals surface area contributed by atoms with E-state index in [1.807, 2.05) is 13.0 Å². The van der Waals surface area contributed by atoms with Gasteiger partial charge in [-0.25, -0.2) is 9.50 Å². The lowest BCUT2D eigenvalue weighted by Gasteiger charge is -1.97. The molecule has 0 aliphatic heterocycles. The molecule has 0 radical (unpaired) electrons. The van der Waals surface area contributed by atoms with Gasteiger partial charge in [0.05, 0.1) is 31.1 Å². The number of rotatable bonds is 3. The second-order valence-electron chi connectivity index (χ2n) is 3.55. The average Bonchev–Trinajstić information content (AvgIpc) is 2.59. The quantitative estimate of drug-likeness (QED) is 0.726. The summed E-state index contributed by atoms with van der Waals surface area (Å²) in [5.41, 5.74) is 2.47. The van der Waals surface area contributed by atoms with Crippen LogP contribution < -0.4 is 0 Å². The maximum Gasteiger partial charge on any atom is 0.311 e. The van der Waals surface area contributed by atoms with E-state index in [4.69, 9.17) is 4.74 Å². The summed E-state index contributed by atoms with van der Waals surface area (Å²) in [6, 6.07) is 1.92. The van der Waals surface area contributed by atoms with E-state index in [1.165, 1.54) is 0 Å². The number of ether oxygens (including phenoxy) is 1. The van der Waals surface area contributed by atoms with Gasteiger partial charge in [0.15, 0.2) is 5.65 Å². The van der Waals surface area contributed by atoms with Crippen LogP contribution in [0.25, 0.3) is 5.65 Å². The molecule has 5 heteroatoms. The molecule has 0 atom stereocenters. The highest BCUT2D eigenvalue weighted by Crippen LogP contribution is 2.06. The van der Waals surface area contributed by atoms with Gasteiger partial charge in [-0.1, -0.05) is 0 Å². The van der Waals surface area contributed by atoms with Crippen LogP contribution in [-0.2, 0) is 16.0 Å². The number of carbonyl (C=O) groups excluding carboxylic acids is 1. The molecule has 16 heavy (non-hydrogen) atoms. The first-order valence-corrected chi connectivity index (χ1v) is 5.15. The van der Waals surface area contributed by atoms with Crippen LogP contribution in [0.15, 0.2) is 18.5 Å². The van der Waals surface area contributed by atoms with E-state index in [0.29, 0.717) is 12.3 Å². The van der Waals surface area contributed by atoms with Crippen molar-refractivity contribution in [2.75, 3.05) is 6.61 Å². The van der Waals surface area contributed by atoms with Crippen LogP contribution in [0.5, 0.6) is 0 Å². The average molecular weight is 219 g/mol. The van der Waals surface area contributed by atoms with Crippen molar-refractivity contribution in [3.63, 3.8) is 0 Å². The Bertz CT molecular complexity index is 519. The summed E-state index contributed by atoms with van der Waals surface area (Å²) in [5, 5.41) is 4.16. The summed E-state index contributed by atoms with van der Waals surface area (Å²) in [6.45, 7) is 4.13. The van der Waals surface area contributed by atoms with Crippen molar-refractivity contribution in [3.05, 3.63) is 29.7 Å². The first-order chi connectivity index (χ1) is 7.69. The molecule has 0 aromatic carbocycles. The van der Waals surface area contributed by atoms with E-state index in [9.17, 15) is 4.79 Å². The standard InChI is InChI=1S/C11H13N3O2/c1-3-16-11(15)5-9-7-14-10(13-9)4-8(2)6-12-14/h4,6-7H,3,5H2,1-2H3. The normalized spacial score (nSPS) is 10.6. The van der Waals surface area contributed by atoms with E-state index >= 15 is 0 Å². The summed E-state index contributed by atoms with van der Waals surface area (Å²) >= 11 is 0. The molecule has 0 fully saturated rings. The number of fused-ring (bicyclic) bond motifs is 1. The van der Waals surface area contributed by atoms with Crippen LogP contribution in [0.4, 0.5) is 0 Å². The summed E-state index contributed by atoms with van der Waals surface area (Å²) in [6.07, 6.45) is 3.69. The minimum Gasteiger partial charge on any atom is -0.466 e. The van der Waals surface area contributed by atoms with Crippen molar-refractivity contribution in [2.45, 2.75) is 20.3 Å². The molecule has 0 aliphatic carbocycles. The number of imidazole rings is 1. The van der Waals surface area contributed by atoms with Crippen molar-refractivity contribution in [2.24, 2.45) is 0 Å². The number of aryl methyl sites for hydroxylation is 1. The summed E-state index contributed by atoms with van der Waals surface area (Å²) in [4.78, 5) is 15.6. The molecule has 2 aromatic rings. The largest absolute Gasteiger partial charge is 0.466 e. The van der Waals surface area contributed by atoms with E-state index in [2.05, 4.69) is 10.1 Å².